The quantitative estimate of drug-likeness (QED) is 0.890. The Labute approximate surface area is 114 Å². The summed E-state index contributed by atoms with van der Waals surface area (Å²) in [6.07, 6.45) is 4.87. The fourth-order valence-corrected chi connectivity index (χ4v) is 2.03. The molecule has 1 N–H and O–H groups in total. The summed E-state index contributed by atoms with van der Waals surface area (Å²) in [6, 6.07) is 4.19. The highest BCUT2D eigenvalue weighted by Crippen LogP contribution is 2.15. The van der Waals surface area contributed by atoms with E-state index >= 15 is 0 Å². The number of aromatic nitrogens is 3. The lowest BCUT2D eigenvalue weighted by atomic mass is 10.3. The first-order valence-electron chi connectivity index (χ1n) is 6.43. The first-order valence-corrected chi connectivity index (χ1v) is 6.43. The van der Waals surface area contributed by atoms with Gasteiger partial charge < -0.3 is 14.8 Å². The summed E-state index contributed by atoms with van der Waals surface area (Å²) in [7, 11) is 6.04. The Morgan fingerprint density at radius 2 is 2.16 bits per heavy atom. The summed E-state index contributed by atoms with van der Waals surface area (Å²) in [5.74, 6) is 1.64. The highest BCUT2D eigenvalue weighted by atomic mass is 15.2. The van der Waals surface area contributed by atoms with Gasteiger partial charge in [0, 0.05) is 57.8 Å². The molecule has 5 nitrogen and oxygen atoms in total. The van der Waals surface area contributed by atoms with Gasteiger partial charge in [0.15, 0.2) is 0 Å². The molecule has 0 aromatic carbocycles. The maximum absolute atomic E-state index is 4.51. The number of hydrogen-bond donors (Lipinski definition) is 1. The minimum Gasteiger partial charge on any atom is -0.362 e. The second-order valence-electron chi connectivity index (χ2n) is 4.88. The smallest absolute Gasteiger partial charge is 0.224 e. The molecule has 19 heavy (non-hydrogen) atoms. The lowest BCUT2D eigenvalue weighted by Crippen LogP contribution is -2.15. The molecular formula is C14H21N5. The normalized spacial score (nSPS) is 10.5. The van der Waals surface area contributed by atoms with Crippen LogP contribution in [0.2, 0.25) is 0 Å². The van der Waals surface area contributed by atoms with Gasteiger partial charge in [0.05, 0.1) is 0 Å². The molecule has 0 unspecified atom stereocenters. The van der Waals surface area contributed by atoms with E-state index in [1.165, 1.54) is 5.69 Å². The Balaban J connectivity index is 1.96. The fraction of sp³-hybridized carbons (Fsp3) is 0.429. The Hall–Kier alpha value is -2.04. The van der Waals surface area contributed by atoms with E-state index in [1.807, 2.05) is 32.1 Å². The first-order chi connectivity index (χ1) is 9.08. The van der Waals surface area contributed by atoms with Crippen molar-refractivity contribution < 1.29 is 0 Å². The fourth-order valence-electron chi connectivity index (χ4n) is 2.03. The van der Waals surface area contributed by atoms with Crippen LogP contribution >= 0.6 is 0 Å². The van der Waals surface area contributed by atoms with Crippen molar-refractivity contribution in [2.45, 2.75) is 13.3 Å². The highest BCUT2D eigenvalue weighted by Gasteiger charge is 2.05. The first kappa shape index (κ1) is 13.4. The third-order valence-electron chi connectivity index (χ3n) is 3.08. The number of nitrogens with zero attached hydrogens (tertiary/aromatic N) is 4. The summed E-state index contributed by atoms with van der Waals surface area (Å²) >= 11 is 0. The van der Waals surface area contributed by atoms with Gasteiger partial charge in [-0.2, -0.15) is 4.98 Å². The molecule has 0 aliphatic carbocycles. The van der Waals surface area contributed by atoms with Crippen molar-refractivity contribution in [2.75, 3.05) is 30.9 Å². The van der Waals surface area contributed by atoms with Crippen LogP contribution < -0.4 is 10.2 Å². The van der Waals surface area contributed by atoms with Gasteiger partial charge in [-0.1, -0.05) is 0 Å². The van der Waals surface area contributed by atoms with Gasteiger partial charge in [0.1, 0.15) is 5.82 Å². The van der Waals surface area contributed by atoms with Crippen molar-refractivity contribution >= 4 is 11.8 Å². The molecule has 0 saturated heterocycles. The van der Waals surface area contributed by atoms with Crippen molar-refractivity contribution in [3.05, 3.63) is 35.8 Å². The number of nitrogens with one attached hydrogen (secondary N) is 1. The molecule has 0 spiro atoms. The average molecular weight is 259 g/mol. The van der Waals surface area contributed by atoms with E-state index in [-0.39, 0.29) is 0 Å². The van der Waals surface area contributed by atoms with E-state index in [4.69, 9.17) is 0 Å². The van der Waals surface area contributed by atoms with Crippen molar-refractivity contribution in [3.8, 4) is 0 Å². The second kappa shape index (κ2) is 5.73. The molecule has 2 rings (SSSR count). The molecule has 0 aliphatic rings. The van der Waals surface area contributed by atoms with E-state index in [0.717, 1.165) is 24.3 Å². The second-order valence-corrected chi connectivity index (χ2v) is 4.88. The Kier molecular flexibility index (Phi) is 4.04. The van der Waals surface area contributed by atoms with Crippen LogP contribution in [0.15, 0.2) is 24.5 Å². The van der Waals surface area contributed by atoms with Crippen molar-refractivity contribution in [1.82, 2.24) is 14.5 Å². The standard InChI is InChI=1S/C14H21N5/c1-11-10-16-14(17-13(11)18(2)3)15-8-7-12-6-5-9-19(12)4/h5-6,9-10H,7-8H2,1-4H3,(H,15,16,17). The minimum absolute atomic E-state index is 0.684. The van der Waals surface area contributed by atoms with Crippen LogP contribution in [0.25, 0.3) is 0 Å². The SMILES string of the molecule is Cc1cnc(NCCc2cccn2C)nc1N(C)C. The maximum Gasteiger partial charge on any atom is 0.224 e. The van der Waals surface area contributed by atoms with Crippen molar-refractivity contribution in [3.63, 3.8) is 0 Å². The third-order valence-corrected chi connectivity index (χ3v) is 3.08. The van der Waals surface area contributed by atoms with Crippen LogP contribution in [-0.4, -0.2) is 35.2 Å². The zero-order valence-corrected chi connectivity index (χ0v) is 12.0. The summed E-state index contributed by atoms with van der Waals surface area (Å²) < 4.78 is 2.13. The molecule has 0 fully saturated rings. The molecule has 0 bridgehead atoms. The number of aryl methyl sites for hydroxylation is 2. The molecule has 2 heterocycles. The number of hydrogen-bond acceptors (Lipinski definition) is 4. The van der Waals surface area contributed by atoms with Gasteiger partial charge >= 0.3 is 0 Å². The van der Waals surface area contributed by atoms with Crippen LogP contribution in [0.1, 0.15) is 11.3 Å². The van der Waals surface area contributed by atoms with Crippen LogP contribution in [0.3, 0.4) is 0 Å². The van der Waals surface area contributed by atoms with Gasteiger partial charge in [0.25, 0.3) is 0 Å². The zero-order chi connectivity index (χ0) is 13.8. The van der Waals surface area contributed by atoms with Crippen LogP contribution in [0.5, 0.6) is 0 Å². The Morgan fingerprint density at radius 3 is 2.79 bits per heavy atom. The van der Waals surface area contributed by atoms with E-state index in [2.05, 4.69) is 45.2 Å². The molecule has 2 aromatic heterocycles. The highest BCUT2D eigenvalue weighted by molar-refractivity contribution is 5.47. The monoisotopic (exact) mass is 259 g/mol. The third kappa shape index (κ3) is 3.24. The predicted octanol–water partition coefficient (Wildman–Crippen LogP) is 1.84. The molecule has 5 heteroatoms. The topological polar surface area (TPSA) is 46.0 Å². The molecule has 2 aromatic rings. The predicted molar refractivity (Wildman–Crippen MR) is 78.7 cm³/mol. The summed E-state index contributed by atoms with van der Waals surface area (Å²) in [5.41, 5.74) is 2.38. The summed E-state index contributed by atoms with van der Waals surface area (Å²) in [6.45, 7) is 2.84. The molecule has 0 amide bonds. The van der Waals surface area contributed by atoms with E-state index in [1.54, 1.807) is 0 Å². The van der Waals surface area contributed by atoms with Gasteiger partial charge in [-0.3, -0.25) is 0 Å². The van der Waals surface area contributed by atoms with Gasteiger partial charge in [-0.15, -0.1) is 0 Å². The molecule has 102 valence electrons. The summed E-state index contributed by atoms with van der Waals surface area (Å²) in [4.78, 5) is 10.8. The van der Waals surface area contributed by atoms with E-state index in [9.17, 15) is 0 Å². The van der Waals surface area contributed by atoms with Crippen molar-refractivity contribution in [2.24, 2.45) is 7.05 Å². The van der Waals surface area contributed by atoms with Crippen LogP contribution in [0, 0.1) is 6.92 Å². The minimum atomic E-state index is 0.684. The Bertz CT molecular complexity index is 545. The molecule has 0 radical (unpaired) electrons. The number of anilines is 2. The van der Waals surface area contributed by atoms with E-state index < -0.39 is 0 Å². The average Bonchev–Trinajstić information content (AvgIpc) is 2.77. The molecule has 0 saturated carbocycles. The number of rotatable bonds is 5. The van der Waals surface area contributed by atoms with Crippen LogP contribution in [0.4, 0.5) is 11.8 Å². The van der Waals surface area contributed by atoms with Crippen LogP contribution in [-0.2, 0) is 13.5 Å². The zero-order valence-electron chi connectivity index (χ0n) is 12.0. The van der Waals surface area contributed by atoms with Gasteiger partial charge in [-0.25, -0.2) is 4.98 Å². The van der Waals surface area contributed by atoms with Gasteiger partial charge in [-0.05, 0) is 19.1 Å². The maximum atomic E-state index is 4.51. The Morgan fingerprint density at radius 1 is 1.37 bits per heavy atom. The lowest BCUT2D eigenvalue weighted by Gasteiger charge is -2.15. The molecular weight excluding hydrogens is 238 g/mol. The van der Waals surface area contributed by atoms with Gasteiger partial charge in [0.2, 0.25) is 5.95 Å². The molecule has 0 aliphatic heterocycles. The largest absolute Gasteiger partial charge is 0.362 e. The summed E-state index contributed by atoms with van der Waals surface area (Å²) in [5, 5.41) is 3.27. The molecule has 0 atom stereocenters. The van der Waals surface area contributed by atoms with Crippen molar-refractivity contribution in [1.29, 1.82) is 0 Å². The van der Waals surface area contributed by atoms with E-state index in [0.29, 0.717) is 5.95 Å². The lowest BCUT2D eigenvalue weighted by molar-refractivity contribution is 0.815.